The lowest BCUT2D eigenvalue weighted by atomic mass is 9.91. The Morgan fingerprint density at radius 3 is 2.85 bits per heavy atom. The first kappa shape index (κ1) is 16.1. The molecule has 0 bridgehead atoms. The van der Waals surface area contributed by atoms with Crippen LogP contribution < -0.4 is 14.8 Å². The zero-order chi connectivity index (χ0) is 18.6. The summed E-state index contributed by atoms with van der Waals surface area (Å²) in [6.45, 7) is 1.99. The normalized spacial score (nSPS) is 21.1. The fraction of sp³-hybridized carbons (Fsp3) is 0.211. The van der Waals surface area contributed by atoms with Crippen molar-refractivity contribution >= 4 is 33.5 Å². The Morgan fingerprint density at radius 1 is 1.19 bits per heavy atom. The number of benzene rings is 2. The standard InChI is InChI=1S/C19H15N3O4S/c1-19(11-6-7-13-14(8-11)26-10-25-13)17(23)22(18(24)21-19)9-16-20-12-4-2-3-5-15(12)27-16/h2-8H,9-10H2,1H3,(H,21,24). The summed E-state index contributed by atoms with van der Waals surface area (Å²) in [5.41, 5.74) is 0.356. The van der Waals surface area contributed by atoms with Gasteiger partial charge < -0.3 is 14.8 Å². The average Bonchev–Trinajstić information content (AvgIpc) is 3.34. The smallest absolute Gasteiger partial charge is 0.325 e. The van der Waals surface area contributed by atoms with Gasteiger partial charge in [0, 0.05) is 0 Å². The van der Waals surface area contributed by atoms with Gasteiger partial charge in [0.2, 0.25) is 6.79 Å². The number of imide groups is 1. The molecule has 1 saturated heterocycles. The highest BCUT2D eigenvalue weighted by Gasteiger charge is 2.49. The molecule has 1 aromatic heterocycles. The van der Waals surface area contributed by atoms with Crippen LogP contribution in [0.1, 0.15) is 17.5 Å². The molecule has 8 heteroatoms. The molecular formula is C19H15N3O4S. The van der Waals surface area contributed by atoms with Gasteiger partial charge in [-0.05, 0) is 36.8 Å². The Kier molecular flexibility index (Phi) is 3.38. The number of urea groups is 1. The number of fused-ring (bicyclic) bond motifs is 2. The van der Waals surface area contributed by atoms with Gasteiger partial charge in [0.25, 0.3) is 5.91 Å². The van der Waals surface area contributed by atoms with E-state index >= 15 is 0 Å². The lowest BCUT2D eigenvalue weighted by Gasteiger charge is -2.22. The van der Waals surface area contributed by atoms with Crippen LogP contribution in [0.5, 0.6) is 11.5 Å². The number of rotatable bonds is 3. The van der Waals surface area contributed by atoms with Crippen molar-refractivity contribution in [1.29, 1.82) is 0 Å². The first-order chi connectivity index (χ1) is 13.0. The monoisotopic (exact) mass is 381 g/mol. The fourth-order valence-electron chi connectivity index (χ4n) is 3.37. The largest absolute Gasteiger partial charge is 0.454 e. The molecule has 7 nitrogen and oxygen atoms in total. The Balaban J connectivity index is 1.45. The lowest BCUT2D eigenvalue weighted by molar-refractivity contribution is -0.131. The molecule has 3 amide bonds. The van der Waals surface area contributed by atoms with Crippen LogP contribution in [0.3, 0.4) is 0 Å². The lowest BCUT2D eigenvalue weighted by Crippen LogP contribution is -2.40. The van der Waals surface area contributed by atoms with Crippen molar-refractivity contribution in [3.05, 3.63) is 53.0 Å². The van der Waals surface area contributed by atoms with Gasteiger partial charge in [-0.25, -0.2) is 9.78 Å². The maximum atomic E-state index is 13.1. The highest BCUT2D eigenvalue weighted by atomic mass is 32.1. The molecule has 1 N–H and O–H groups in total. The van der Waals surface area contributed by atoms with E-state index in [2.05, 4.69) is 10.3 Å². The molecule has 27 heavy (non-hydrogen) atoms. The third kappa shape index (κ3) is 2.44. The van der Waals surface area contributed by atoms with Crippen molar-refractivity contribution in [2.75, 3.05) is 6.79 Å². The summed E-state index contributed by atoms with van der Waals surface area (Å²) in [6.07, 6.45) is 0. The molecule has 1 fully saturated rings. The minimum atomic E-state index is -1.16. The number of carbonyl (C=O) groups excluding carboxylic acids is 2. The van der Waals surface area contributed by atoms with Gasteiger partial charge in [0.1, 0.15) is 10.5 Å². The summed E-state index contributed by atoms with van der Waals surface area (Å²) in [5.74, 6) is 0.886. The Morgan fingerprint density at radius 2 is 2.00 bits per heavy atom. The molecule has 2 aliphatic rings. The molecule has 0 spiro atoms. The molecule has 3 heterocycles. The van der Waals surface area contributed by atoms with Gasteiger partial charge in [0.15, 0.2) is 11.5 Å². The zero-order valence-electron chi connectivity index (χ0n) is 14.4. The van der Waals surface area contributed by atoms with Crippen LogP contribution in [-0.2, 0) is 16.9 Å². The van der Waals surface area contributed by atoms with E-state index in [-0.39, 0.29) is 19.2 Å². The van der Waals surface area contributed by atoms with Crippen molar-refractivity contribution in [2.24, 2.45) is 0 Å². The van der Waals surface area contributed by atoms with Gasteiger partial charge in [-0.15, -0.1) is 11.3 Å². The number of ether oxygens (including phenoxy) is 2. The molecule has 0 radical (unpaired) electrons. The van der Waals surface area contributed by atoms with Crippen molar-refractivity contribution in [1.82, 2.24) is 15.2 Å². The number of nitrogens with zero attached hydrogens (tertiary/aromatic N) is 2. The number of aromatic nitrogens is 1. The number of hydrogen-bond donors (Lipinski definition) is 1. The van der Waals surface area contributed by atoms with Crippen LogP contribution in [0.25, 0.3) is 10.2 Å². The van der Waals surface area contributed by atoms with Crippen molar-refractivity contribution < 1.29 is 19.1 Å². The molecule has 5 rings (SSSR count). The number of thiazole rings is 1. The number of para-hydroxylation sites is 1. The molecule has 3 aromatic rings. The van der Waals surface area contributed by atoms with E-state index in [0.717, 1.165) is 15.2 Å². The van der Waals surface area contributed by atoms with Crippen LogP contribution in [0.2, 0.25) is 0 Å². The maximum Gasteiger partial charge on any atom is 0.325 e. The zero-order valence-corrected chi connectivity index (χ0v) is 15.2. The molecule has 1 unspecified atom stereocenters. The number of amides is 3. The van der Waals surface area contributed by atoms with Gasteiger partial charge in [-0.1, -0.05) is 18.2 Å². The second kappa shape index (κ2) is 5.68. The summed E-state index contributed by atoms with van der Waals surface area (Å²) in [7, 11) is 0. The predicted molar refractivity (Wildman–Crippen MR) is 98.6 cm³/mol. The predicted octanol–water partition coefficient (Wildman–Crippen LogP) is 2.99. The number of nitrogens with one attached hydrogen (secondary N) is 1. The third-order valence-corrected chi connectivity index (χ3v) is 5.88. The quantitative estimate of drug-likeness (QED) is 0.706. The van der Waals surface area contributed by atoms with E-state index in [1.54, 1.807) is 25.1 Å². The maximum absolute atomic E-state index is 13.1. The van der Waals surface area contributed by atoms with Gasteiger partial charge in [0.05, 0.1) is 16.8 Å². The summed E-state index contributed by atoms with van der Waals surface area (Å²) < 4.78 is 11.7. The summed E-state index contributed by atoms with van der Waals surface area (Å²) >= 11 is 1.48. The molecule has 2 aromatic carbocycles. The topological polar surface area (TPSA) is 80.8 Å². The first-order valence-corrected chi connectivity index (χ1v) is 9.25. The van der Waals surface area contributed by atoms with Gasteiger partial charge in [-0.3, -0.25) is 9.69 Å². The second-order valence-electron chi connectivity index (χ2n) is 6.59. The van der Waals surface area contributed by atoms with Crippen LogP contribution in [0.4, 0.5) is 4.79 Å². The Bertz CT molecular complexity index is 1060. The highest BCUT2D eigenvalue weighted by molar-refractivity contribution is 7.18. The molecule has 1 atom stereocenters. The van der Waals surface area contributed by atoms with E-state index in [4.69, 9.17) is 9.47 Å². The summed E-state index contributed by atoms with van der Waals surface area (Å²) in [4.78, 5) is 31.4. The van der Waals surface area contributed by atoms with Gasteiger partial charge >= 0.3 is 6.03 Å². The minimum absolute atomic E-state index is 0.143. The van der Waals surface area contributed by atoms with Crippen LogP contribution >= 0.6 is 11.3 Å². The first-order valence-electron chi connectivity index (χ1n) is 8.43. The van der Waals surface area contributed by atoms with E-state index in [1.807, 2.05) is 24.3 Å². The molecule has 2 aliphatic heterocycles. The molecule has 0 aliphatic carbocycles. The number of carbonyl (C=O) groups is 2. The second-order valence-corrected chi connectivity index (χ2v) is 7.71. The molecule has 0 saturated carbocycles. The van der Waals surface area contributed by atoms with E-state index < -0.39 is 11.6 Å². The Hall–Kier alpha value is -3.13. The van der Waals surface area contributed by atoms with E-state index in [1.165, 1.54) is 16.2 Å². The van der Waals surface area contributed by atoms with Crippen molar-refractivity contribution in [2.45, 2.75) is 19.0 Å². The molecule has 136 valence electrons. The van der Waals surface area contributed by atoms with Gasteiger partial charge in [-0.2, -0.15) is 0 Å². The fourth-order valence-corrected chi connectivity index (χ4v) is 4.32. The van der Waals surface area contributed by atoms with Crippen molar-refractivity contribution in [3.8, 4) is 11.5 Å². The van der Waals surface area contributed by atoms with Crippen LogP contribution in [0, 0.1) is 0 Å². The highest BCUT2D eigenvalue weighted by Crippen LogP contribution is 2.38. The average molecular weight is 381 g/mol. The van der Waals surface area contributed by atoms with E-state index in [9.17, 15) is 9.59 Å². The van der Waals surface area contributed by atoms with E-state index in [0.29, 0.717) is 17.1 Å². The molecular weight excluding hydrogens is 366 g/mol. The number of hydrogen-bond acceptors (Lipinski definition) is 6. The van der Waals surface area contributed by atoms with Crippen molar-refractivity contribution in [3.63, 3.8) is 0 Å². The minimum Gasteiger partial charge on any atom is -0.454 e. The SMILES string of the molecule is CC1(c2ccc3c(c2)OCO3)NC(=O)N(Cc2nc3ccccc3s2)C1=O. The van der Waals surface area contributed by atoms with Crippen LogP contribution in [-0.4, -0.2) is 28.6 Å². The Labute approximate surface area is 158 Å². The summed E-state index contributed by atoms with van der Waals surface area (Å²) in [6, 6.07) is 12.6. The van der Waals surface area contributed by atoms with Crippen LogP contribution in [0.15, 0.2) is 42.5 Å². The third-order valence-electron chi connectivity index (χ3n) is 4.86. The summed E-state index contributed by atoms with van der Waals surface area (Å²) in [5, 5.41) is 3.53.